The third kappa shape index (κ3) is 4.58. The second kappa shape index (κ2) is 9.37. The topological polar surface area (TPSA) is 70.7 Å². The summed E-state index contributed by atoms with van der Waals surface area (Å²) in [7, 11) is 0. The van der Waals surface area contributed by atoms with E-state index in [2.05, 4.69) is 39.3 Å². The van der Waals surface area contributed by atoms with Crippen LogP contribution in [-0.4, -0.2) is 15.7 Å². The van der Waals surface area contributed by atoms with Crippen molar-refractivity contribution in [1.29, 1.82) is 5.26 Å². The van der Waals surface area contributed by atoms with Crippen molar-refractivity contribution in [2.24, 2.45) is 0 Å². The third-order valence-electron chi connectivity index (χ3n) is 5.57. The zero-order valence-corrected chi connectivity index (χ0v) is 19.6. The lowest BCUT2D eigenvalue weighted by atomic mass is 10.0. The first-order chi connectivity index (χ1) is 15.5. The van der Waals surface area contributed by atoms with Gasteiger partial charge in [0, 0.05) is 15.4 Å². The molecule has 0 saturated heterocycles. The van der Waals surface area contributed by atoms with Gasteiger partial charge in [-0.1, -0.05) is 47.1 Å². The Hall–Kier alpha value is -3.43. The lowest BCUT2D eigenvalue weighted by Crippen LogP contribution is -2.28. The van der Waals surface area contributed by atoms with Gasteiger partial charge < -0.3 is 5.32 Å². The van der Waals surface area contributed by atoms with E-state index in [0.717, 1.165) is 38.6 Å². The highest BCUT2D eigenvalue weighted by atomic mass is 79.9. The molecule has 0 fully saturated rings. The van der Waals surface area contributed by atoms with Crippen molar-refractivity contribution >= 4 is 32.7 Å². The Morgan fingerprint density at radius 2 is 1.94 bits per heavy atom. The van der Waals surface area contributed by atoms with Gasteiger partial charge in [-0.05, 0) is 66.9 Å². The van der Waals surface area contributed by atoms with Crippen LogP contribution in [0.5, 0.6) is 0 Å². The van der Waals surface area contributed by atoms with E-state index in [-0.39, 0.29) is 11.9 Å². The highest BCUT2D eigenvalue weighted by molar-refractivity contribution is 9.10. The van der Waals surface area contributed by atoms with E-state index in [1.807, 2.05) is 72.3 Å². The molecule has 0 radical (unpaired) electrons. The fraction of sp³-hybridized carbons (Fsp3) is 0.192. The summed E-state index contributed by atoms with van der Waals surface area (Å²) in [5.74, 6) is -0.101. The number of rotatable bonds is 6. The van der Waals surface area contributed by atoms with Crippen molar-refractivity contribution in [1.82, 2.24) is 15.1 Å². The van der Waals surface area contributed by atoms with Crippen LogP contribution in [0.1, 0.15) is 52.1 Å². The summed E-state index contributed by atoms with van der Waals surface area (Å²) in [6, 6.07) is 23.4. The second-order valence-corrected chi connectivity index (χ2v) is 8.69. The molecule has 0 unspecified atom stereocenters. The highest BCUT2D eigenvalue weighted by Crippen LogP contribution is 2.23. The maximum absolute atomic E-state index is 13.0. The molecule has 0 spiro atoms. The van der Waals surface area contributed by atoms with E-state index in [1.165, 1.54) is 0 Å². The number of aromatic nitrogens is 2. The monoisotopic (exact) mass is 486 g/mol. The molecule has 0 aliphatic carbocycles. The smallest absolute Gasteiger partial charge is 0.251 e. The molecule has 1 N–H and O–H groups in total. The van der Waals surface area contributed by atoms with Crippen molar-refractivity contribution in [3.8, 4) is 6.07 Å². The van der Waals surface area contributed by atoms with Crippen LogP contribution in [0.4, 0.5) is 0 Å². The van der Waals surface area contributed by atoms with Crippen LogP contribution >= 0.6 is 15.9 Å². The highest BCUT2D eigenvalue weighted by Gasteiger charge is 2.16. The van der Waals surface area contributed by atoms with Gasteiger partial charge in [-0.3, -0.25) is 9.48 Å². The number of nitrogens with zero attached hydrogens (tertiary/aromatic N) is 3. The van der Waals surface area contributed by atoms with Crippen LogP contribution in [-0.2, 0) is 6.54 Å². The molecule has 0 aliphatic rings. The summed E-state index contributed by atoms with van der Waals surface area (Å²) >= 11 is 3.45. The number of nitriles is 1. The Kier molecular flexibility index (Phi) is 6.38. The van der Waals surface area contributed by atoms with Crippen LogP contribution in [0.3, 0.4) is 0 Å². The maximum Gasteiger partial charge on any atom is 0.251 e. The van der Waals surface area contributed by atoms with Crippen molar-refractivity contribution in [3.63, 3.8) is 0 Å². The van der Waals surface area contributed by atoms with E-state index in [0.29, 0.717) is 17.7 Å². The predicted octanol–water partition coefficient (Wildman–Crippen LogP) is 5.91. The molecular weight excluding hydrogens is 464 g/mol. The van der Waals surface area contributed by atoms with Gasteiger partial charge >= 0.3 is 0 Å². The van der Waals surface area contributed by atoms with E-state index in [1.54, 1.807) is 6.07 Å². The molecule has 0 bridgehead atoms. The summed E-state index contributed by atoms with van der Waals surface area (Å²) in [6.45, 7) is 4.57. The number of amides is 1. The van der Waals surface area contributed by atoms with Crippen molar-refractivity contribution in [3.05, 3.63) is 99.2 Å². The second-order valence-electron chi connectivity index (χ2n) is 7.77. The third-order valence-corrected chi connectivity index (χ3v) is 6.10. The maximum atomic E-state index is 13.0. The molecule has 1 heterocycles. The Balaban J connectivity index is 1.58. The molecule has 1 atom stereocenters. The standard InChI is InChI=1S/C26H23BrN4O/c1-3-24(20-7-10-22(27)11-8-20)29-26(32)21-9-12-25-23(14-21)17(2)30-31(25)16-19-6-4-5-18(13-19)15-28/h4-14,24H,3,16H2,1-2H3,(H,29,32)/t24-/m0/s1. The Morgan fingerprint density at radius 3 is 2.66 bits per heavy atom. The summed E-state index contributed by atoms with van der Waals surface area (Å²) < 4.78 is 2.93. The zero-order chi connectivity index (χ0) is 22.7. The van der Waals surface area contributed by atoms with Gasteiger partial charge in [0.2, 0.25) is 0 Å². The molecule has 32 heavy (non-hydrogen) atoms. The van der Waals surface area contributed by atoms with Gasteiger partial charge in [0.25, 0.3) is 5.91 Å². The Bertz CT molecular complexity index is 1320. The first-order valence-electron chi connectivity index (χ1n) is 10.5. The van der Waals surface area contributed by atoms with Crippen molar-refractivity contribution in [2.45, 2.75) is 32.9 Å². The fourth-order valence-corrected chi connectivity index (χ4v) is 4.14. The molecule has 1 aromatic heterocycles. The van der Waals surface area contributed by atoms with Crippen LogP contribution in [0.25, 0.3) is 10.9 Å². The molecule has 0 aliphatic heterocycles. The molecule has 5 nitrogen and oxygen atoms in total. The molecule has 0 saturated carbocycles. The predicted molar refractivity (Wildman–Crippen MR) is 129 cm³/mol. The summed E-state index contributed by atoms with van der Waals surface area (Å²) in [4.78, 5) is 13.0. The van der Waals surface area contributed by atoms with Gasteiger partial charge in [0.05, 0.1) is 35.4 Å². The lowest BCUT2D eigenvalue weighted by molar-refractivity contribution is 0.0935. The number of carbonyl (C=O) groups excluding carboxylic acids is 1. The SMILES string of the molecule is CC[C@H](NC(=O)c1ccc2c(c1)c(C)nn2Cc1cccc(C#N)c1)c1ccc(Br)cc1. The number of benzene rings is 3. The number of hydrogen-bond donors (Lipinski definition) is 1. The number of hydrogen-bond acceptors (Lipinski definition) is 3. The van der Waals surface area contributed by atoms with Gasteiger partial charge in [0.15, 0.2) is 0 Å². The minimum atomic E-state index is -0.101. The number of nitrogens with one attached hydrogen (secondary N) is 1. The number of fused-ring (bicyclic) bond motifs is 1. The number of halogens is 1. The lowest BCUT2D eigenvalue weighted by Gasteiger charge is -2.18. The summed E-state index contributed by atoms with van der Waals surface area (Å²) in [6.07, 6.45) is 0.800. The van der Waals surface area contributed by atoms with Crippen molar-refractivity contribution < 1.29 is 4.79 Å². The molecule has 160 valence electrons. The van der Waals surface area contributed by atoms with Gasteiger partial charge in [-0.2, -0.15) is 10.4 Å². The van der Waals surface area contributed by atoms with Crippen LogP contribution in [0, 0.1) is 18.3 Å². The molecule has 1 amide bonds. The summed E-state index contributed by atoms with van der Waals surface area (Å²) in [5.41, 5.74) is 5.16. The Morgan fingerprint density at radius 1 is 1.16 bits per heavy atom. The van der Waals surface area contributed by atoms with E-state index in [4.69, 9.17) is 5.26 Å². The van der Waals surface area contributed by atoms with Gasteiger partial charge in [-0.15, -0.1) is 0 Å². The number of carbonyl (C=O) groups is 1. The minimum absolute atomic E-state index is 0.0532. The largest absolute Gasteiger partial charge is 0.345 e. The van der Waals surface area contributed by atoms with E-state index in [9.17, 15) is 4.79 Å². The summed E-state index contributed by atoms with van der Waals surface area (Å²) in [5, 5.41) is 17.9. The molecular formula is C26H23BrN4O. The van der Waals surface area contributed by atoms with Crippen LogP contribution < -0.4 is 5.32 Å². The van der Waals surface area contributed by atoms with Gasteiger partial charge in [-0.25, -0.2) is 0 Å². The normalized spacial score (nSPS) is 11.8. The minimum Gasteiger partial charge on any atom is -0.345 e. The van der Waals surface area contributed by atoms with E-state index >= 15 is 0 Å². The van der Waals surface area contributed by atoms with Gasteiger partial charge in [0.1, 0.15) is 0 Å². The Labute approximate surface area is 195 Å². The first-order valence-corrected chi connectivity index (χ1v) is 11.3. The molecule has 3 aromatic carbocycles. The average molecular weight is 487 g/mol. The zero-order valence-electron chi connectivity index (χ0n) is 18.0. The molecule has 4 rings (SSSR count). The van der Waals surface area contributed by atoms with Crippen LogP contribution in [0.15, 0.2) is 71.2 Å². The first kappa shape index (κ1) is 21.8. The van der Waals surface area contributed by atoms with Crippen LogP contribution in [0.2, 0.25) is 0 Å². The molecule has 4 aromatic rings. The number of aryl methyl sites for hydroxylation is 1. The quantitative estimate of drug-likeness (QED) is 0.368. The molecule has 6 heteroatoms. The van der Waals surface area contributed by atoms with Crippen molar-refractivity contribution in [2.75, 3.05) is 0 Å². The average Bonchev–Trinajstić information content (AvgIpc) is 3.12. The fourth-order valence-electron chi connectivity index (χ4n) is 3.87. The van der Waals surface area contributed by atoms with E-state index < -0.39 is 0 Å².